The molecule has 0 bridgehead atoms. The van der Waals surface area contributed by atoms with Crippen molar-refractivity contribution in [2.24, 2.45) is 0 Å². The second-order valence-electron chi connectivity index (χ2n) is 4.34. The maximum Gasteiger partial charge on any atom is 0.254 e. The van der Waals surface area contributed by atoms with Gasteiger partial charge in [-0.3, -0.25) is 0 Å². The van der Waals surface area contributed by atoms with E-state index in [1.165, 1.54) is 6.33 Å². The lowest BCUT2D eigenvalue weighted by Gasteiger charge is -2.11. The molecule has 0 radical (unpaired) electrons. The van der Waals surface area contributed by atoms with E-state index in [0.717, 1.165) is 22.8 Å². The van der Waals surface area contributed by atoms with Crippen LogP contribution in [0.5, 0.6) is 0 Å². The Morgan fingerprint density at radius 1 is 1.21 bits per heavy atom. The molecule has 1 N–H and O–H groups in total. The summed E-state index contributed by atoms with van der Waals surface area (Å²) >= 11 is 6.02. The molecule has 2 heterocycles. The zero-order valence-electron chi connectivity index (χ0n) is 10.6. The molecule has 0 saturated carbocycles. The molecule has 19 heavy (non-hydrogen) atoms. The van der Waals surface area contributed by atoms with Crippen LogP contribution in [0, 0.1) is 13.8 Å². The van der Waals surface area contributed by atoms with Gasteiger partial charge in [-0.15, -0.1) is 0 Å². The van der Waals surface area contributed by atoms with Gasteiger partial charge >= 0.3 is 0 Å². The van der Waals surface area contributed by atoms with Crippen LogP contribution in [-0.2, 0) is 0 Å². The Bertz CT molecular complexity index is 750. The lowest BCUT2D eigenvalue weighted by atomic mass is 10.2. The van der Waals surface area contributed by atoms with Gasteiger partial charge in [-0.05, 0) is 31.5 Å². The van der Waals surface area contributed by atoms with Gasteiger partial charge in [-0.25, -0.2) is 4.98 Å². The fourth-order valence-corrected chi connectivity index (χ4v) is 2.06. The van der Waals surface area contributed by atoms with Gasteiger partial charge in [0.2, 0.25) is 0 Å². The summed E-state index contributed by atoms with van der Waals surface area (Å²) in [6.45, 7) is 3.94. The van der Waals surface area contributed by atoms with E-state index in [2.05, 4.69) is 20.4 Å². The van der Waals surface area contributed by atoms with Crippen molar-refractivity contribution >= 4 is 28.9 Å². The highest BCUT2D eigenvalue weighted by atomic mass is 35.5. The van der Waals surface area contributed by atoms with Crippen LogP contribution < -0.4 is 5.32 Å². The van der Waals surface area contributed by atoms with Crippen LogP contribution >= 0.6 is 11.6 Å². The van der Waals surface area contributed by atoms with E-state index in [0.29, 0.717) is 10.8 Å². The summed E-state index contributed by atoms with van der Waals surface area (Å²) < 4.78 is 1.66. The third-order valence-corrected chi connectivity index (χ3v) is 3.08. The summed E-state index contributed by atoms with van der Waals surface area (Å²) in [5, 5.41) is 8.16. The number of anilines is 2. The van der Waals surface area contributed by atoms with Crippen molar-refractivity contribution in [3.05, 3.63) is 46.9 Å². The van der Waals surface area contributed by atoms with Crippen LogP contribution in [0.25, 0.3) is 5.78 Å². The van der Waals surface area contributed by atoms with E-state index >= 15 is 0 Å². The molecule has 0 aliphatic carbocycles. The molecule has 6 heteroatoms. The Morgan fingerprint density at radius 2 is 2.05 bits per heavy atom. The van der Waals surface area contributed by atoms with E-state index in [9.17, 15) is 0 Å². The molecule has 0 spiro atoms. The molecule has 0 atom stereocenters. The number of benzene rings is 1. The van der Waals surface area contributed by atoms with Crippen molar-refractivity contribution in [1.29, 1.82) is 0 Å². The van der Waals surface area contributed by atoms with E-state index in [-0.39, 0.29) is 0 Å². The molecular weight excluding hydrogens is 262 g/mol. The molecule has 0 aliphatic heterocycles. The standard InChI is InChI=1S/C13H12ClN5/c1-8-3-4-10(14)6-11(8)18-12-5-9(2)17-13-15-7-16-19(12)13/h3-7,18H,1-2H3. The van der Waals surface area contributed by atoms with Crippen LogP contribution in [0.15, 0.2) is 30.6 Å². The van der Waals surface area contributed by atoms with Crippen molar-refractivity contribution in [3.63, 3.8) is 0 Å². The van der Waals surface area contributed by atoms with Gasteiger partial charge in [0.1, 0.15) is 12.1 Å². The zero-order chi connectivity index (χ0) is 13.4. The zero-order valence-corrected chi connectivity index (χ0v) is 11.3. The number of nitrogens with zero attached hydrogens (tertiary/aromatic N) is 4. The number of rotatable bonds is 2. The molecule has 0 aliphatic rings. The highest BCUT2D eigenvalue weighted by Crippen LogP contribution is 2.24. The maximum atomic E-state index is 6.02. The van der Waals surface area contributed by atoms with Crippen LogP contribution in [0.1, 0.15) is 11.3 Å². The van der Waals surface area contributed by atoms with E-state index in [4.69, 9.17) is 11.6 Å². The summed E-state index contributed by atoms with van der Waals surface area (Å²) in [4.78, 5) is 8.40. The van der Waals surface area contributed by atoms with Gasteiger partial charge in [0.05, 0.1) is 0 Å². The number of aryl methyl sites for hydroxylation is 2. The number of hydrogen-bond acceptors (Lipinski definition) is 4. The summed E-state index contributed by atoms with van der Waals surface area (Å²) in [6.07, 6.45) is 1.48. The number of aromatic nitrogens is 4. The van der Waals surface area contributed by atoms with Gasteiger partial charge in [0.15, 0.2) is 0 Å². The quantitative estimate of drug-likeness (QED) is 0.779. The van der Waals surface area contributed by atoms with E-state index < -0.39 is 0 Å². The molecular formula is C13H12ClN5. The molecule has 5 nitrogen and oxygen atoms in total. The Balaban J connectivity index is 2.10. The first kappa shape index (κ1) is 11.9. The minimum atomic E-state index is 0.571. The Kier molecular flexibility index (Phi) is 2.83. The molecule has 0 amide bonds. The van der Waals surface area contributed by atoms with E-state index in [1.54, 1.807) is 4.52 Å². The lowest BCUT2D eigenvalue weighted by Crippen LogP contribution is -2.03. The first-order valence-electron chi connectivity index (χ1n) is 5.84. The number of hydrogen-bond donors (Lipinski definition) is 1. The third kappa shape index (κ3) is 2.24. The predicted molar refractivity (Wildman–Crippen MR) is 75.0 cm³/mol. The number of fused-ring (bicyclic) bond motifs is 1. The van der Waals surface area contributed by atoms with Crippen molar-refractivity contribution in [1.82, 2.24) is 19.6 Å². The van der Waals surface area contributed by atoms with Crippen molar-refractivity contribution in [3.8, 4) is 0 Å². The number of halogens is 1. The first-order chi connectivity index (χ1) is 9.13. The second kappa shape index (κ2) is 4.51. The SMILES string of the molecule is Cc1cc(Nc2cc(Cl)ccc2C)n2ncnc2n1. The molecule has 0 fully saturated rings. The van der Waals surface area contributed by atoms with Crippen LogP contribution in [0.4, 0.5) is 11.5 Å². The monoisotopic (exact) mass is 273 g/mol. The predicted octanol–water partition coefficient (Wildman–Crippen LogP) is 3.14. The van der Waals surface area contributed by atoms with Crippen molar-refractivity contribution < 1.29 is 0 Å². The highest BCUT2D eigenvalue weighted by Gasteiger charge is 2.07. The molecule has 3 rings (SSSR count). The van der Waals surface area contributed by atoms with E-state index in [1.807, 2.05) is 38.1 Å². The smallest absolute Gasteiger partial charge is 0.254 e. The minimum absolute atomic E-state index is 0.571. The topological polar surface area (TPSA) is 55.1 Å². The Morgan fingerprint density at radius 3 is 2.89 bits per heavy atom. The summed E-state index contributed by atoms with van der Waals surface area (Å²) in [7, 11) is 0. The van der Waals surface area contributed by atoms with Gasteiger partial charge in [0.25, 0.3) is 5.78 Å². The number of nitrogens with one attached hydrogen (secondary N) is 1. The Hall–Kier alpha value is -2.14. The van der Waals surface area contributed by atoms with Crippen LogP contribution in [0.3, 0.4) is 0 Å². The fraction of sp³-hybridized carbons (Fsp3) is 0.154. The average Bonchev–Trinajstić information content (AvgIpc) is 2.82. The summed E-state index contributed by atoms with van der Waals surface area (Å²) in [5.74, 6) is 1.38. The Labute approximate surface area is 115 Å². The average molecular weight is 274 g/mol. The molecule has 0 unspecified atom stereocenters. The highest BCUT2D eigenvalue weighted by molar-refractivity contribution is 6.30. The molecule has 1 aromatic carbocycles. The summed E-state index contributed by atoms with van der Waals surface area (Å²) in [5.41, 5.74) is 2.92. The fourth-order valence-electron chi connectivity index (χ4n) is 1.89. The minimum Gasteiger partial charge on any atom is -0.340 e. The maximum absolute atomic E-state index is 6.02. The second-order valence-corrected chi connectivity index (χ2v) is 4.78. The molecule has 3 aromatic rings. The summed E-state index contributed by atoms with van der Waals surface area (Å²) in [6, 6.07) is 7.64. The third-order valence-electron chi connectivity index (χ3n) is 2.84. The van der Waals surface area contributed by atoms with Crippen molar-refractivity contribution in [2.75, 3.05) is 5.32 Å². The van der Waals surface area contributed by atoms with Gasteiger partial charge in [-0.2, -0.15) is 14.6 Å². The van der Waals surface area contributed by atoms with Gasteiger partial charge < -0.3 is 5.32 Å². The largest absolute Gasteiger partial charge is 0.340 e. The molecule has 96 valence electrons. The van der Waals surface area contributed by atoms with Gasteiger partial charge in [0, 0.05) is 22.5 Å². The van der Waals surface area contributed by atoms with Crippen LogP contribution in [0.2, 0.25) is 5.02 Å². The van der Waals surface area contributed by atoms with Crippen molar-refractivity contribution in [2.45, 2.75) is 13.8 Å². The van der Waals surface area contributed by atoms with Crippen LogP contribution in [-0.4, -0.2) is 19.6 Å². The molecule has 2 aromatic heterocycles. The normalized spacial score (nSPS) is 10.9. The first-order valence-corrected chi connectivity index (χ1v) is 6.22. The van der Waals surface area contributed by atoms with Gasteiger partial charge in [-0.1, -0.05) is 17.7 Å². The lowest BCUT2D eigenvalue weighted by molar-refractivity contribution is 0.937. The molecule has 0 saturated heterocycles.